The van der Waals surface area contributed by atoms with E-state index in [4.69, 9.17) is 4.74 Å². The zero-order chi connectivity index (χ0) is 16.6. The van der Waals surface area contributed by atoms with Gasteiger partial charge in [-0.2, -0.15) is 0 Å². The topological polar surface area (TPSA) is 59.5 Å². The molecule has 3 rings (SSSR count). The van der Waals surface area contributed by atoms with Crippen molar-refractivity contribution in [3.8, 4) is 0 Å². The standard InChI is InChI=1S/C16H15FN2O3S/c1-3-22-9(2)14-18-11(8-23-14)7-19-15(20)12-5-4-10(17)6-13(12)16(19)21/h4-6,8-9H,3,7H2,1-2H3. The lowest BCUT2D eigenvalue weighted by Gasteiger charge is -2.12. The smallest absolute Gasteiger partial charge is 0.262 e. The summed E-state index contributed by atoms with van der Waals surface area (Å²) in [4.78, 5) is 30.1. The van der Waals surface area contributed by atoms with Crippen molar-refractivity contribution >= 4 is 23.2 Å². The van der Waals surface area contributed by atoms with Crippen LogP contribution in [0.2, 0.25) is 0 Å². The van der Waals surface area contributed by atoms with E-state index in [1.807, 2.05) is 13.8 Å². The highest BCUT2D eigenvalue weighted by Crippen LogP contribution is 2.27. The summed E-state index contributed by atoms with van der Waals surface area (Å²) >= 11 is 1.42. The summed E-state index contributed by atoms with van der Waals surface area (Å²) in [5, 5.41) is 2.60. The molecule has 1 atom stereocenters. The van der Waals surface area contributed by atoms with Crippen molar-refractivity contribution in [2.45, 2.75) is 26.5 Å². The van der Waals surface area contributed by atoms with Gasteiger partial charge in [0.2, 0.25) is 0 Å². The molecule has 23 heavy (non-hydrogen) atoms. The van der Waals surface area contributed by atoms with Gasteiger partial charge in [0.25, 0.3) is 11.8 Å². The Labute approximate surface area is 136 Å². The minimum absolute atomic E-state index is 0.0727. The fourth-order valence-electron chi connectivity index (χ4n) is 2.47. The fraction of sp³-hybridized carbons (Fsp3) is 0.312. The lowest BCUT2D eigenvalue weighted by Crippen LogP contribution is -2.29. The molecule has 5 nitrogen and oxygen atoms in total. The summed E-state index contributed by atoms with van der Waals surface area (Å²) in [7, 11) is 0. The maximum Gasteiger partial charge on any atom is 0.262 e. The second kappa shape index (κ2) is 6.17. The summed E-state index contributed by atoms with van der Waals surface area (Å²) in [5.41, 5.74) is 0.953. The van der Waals surface area contributed by atoms with Crippen LogP contribution in [0.15, 0.2) is 23.6 Å². The fourth-order valence-corrected chi connectivity index (χ4v) is 3.29. The highest BCUT2D eigenvalue weighted by Gasteiger charge is 2.36. The van der Waals surface area contributed by atoms with E-state index in [2.05, 4.69) is 4.98 Å². The molecule has 2 heterocycles. The SMILES string of the molecule is CCOC(C)c1nc(CN2C(=O)c3ccc(F)cc3C2=O)cs1. The number of hydrogen-bond donors (Lipinski definition) is 0. The van der Waals surface area contributed by atoms with Gasteiger partial charge in [-0.25, -0.2) is 9.37 Å². The molecule has 1 aliphatic rings. The first kappa shape index (κ1) is 15.8. The zero-order valence-electron chi connectivity index (χ0n) is 12.7. The molecule has 1 unspecified atom stereocenters. The van der Waals surface area contributed by atoms with E-state index >= 15 is 0 Å². The molecular formula is C16H15FN2O3S. The molecule has 0 N–H and O–H groups in total. The van der Waals surface area contributed by atoms with Crippen LogP contribution >= 0.6 is 11.3 Å². The lowest BCUT2D eigenvalue weighted by molar-refractivity contribution is 0.0639. The average Bonchev–Trinajstić information content (AvgIpc) is 3.08. The van der Waals surface area contributed by atoms with Crippen LogP contribution in [-0.4, -0.2) is 28.3 Å². The van der Waals surface area contributed by atoms with Crippen molar-refractivity contribution in [1.82, 2.24) is 9.88 Å². The summed E-state index contributed by atoms with van der Waals surface area (Å²) in [5.74, 6) is -1.44. The predicted molar refractivity (Wildman–Crippen MR) is 82.8 cm³/mol. The van der Waals surface area contributed by atoms with Crippen LogP contribution in [0.4, 0.5) is 4.39 Å². The van der Waals surface area contributed by atoms with Crippen molar-refractivity contribution in [3.63, 3.8) is 0 Å². The van der Waals surface area contributed by atoms with Gasteiger partial charge >= 0.3 is 0 Å². The highest BCUT2D eigenvalue weighted by atomic mass is 32.1. The molecule has 2 amide bonds. The molecule has 0 spiro atoms. The number of carbonyl (C=O) groups is 2. The van der Waals surface area contributed by atoms with Crippen molar-refractivity contribution in [2.75, 3.05) is 6.61 Å². The number of imide groups is 1. The van der Waals surface area contributed by atoms with Gasteiger partial charge in [-0.1, -0.05) is 0 Å². The minimum atomic E-state index is -0.534. The first-order valence-corrected chi connectivity index (χ1v) is 8.11. The predicted octanol–water partition coefficient (Wildman–Crippen LogP) is 3.18. The molecule has 0 bridgehead atoms. The van der Waals surface area contributed by atoms with Crippen LogP contribution in [0, 0.1) is 5.82 Å². The van der Waals surface area contributed by atoms with Crippen LogP contribution in [0.1, 0.15) is 51.4 Å². The van der Waals surface area contributed by atoms with E-state index < -0.39 is 17.6 Å². The molecule has 0 saturated heterocycles. The number of hydrogen-bond acceptors (Lipinski definition) is 5. The van der Waals surface area contributed by atoms with Crippen LogP contribution in [0.5, 0.6) is 0 Å². The Bertz CT molecular complexity index is 774. The van der Waals surface area contributed by atoms with E-state index in [1.165, 1.54) is 23.5 Å². The number of nitrogens with zero attached hydrogens (tertiary/aromatic N) is 2. The van der Waals surface area contributed by atoms with Crippen LogP contribution in [0.3, 0.4) is 0 Å². The van der Waals surface area contributed by atoms with Crippen LogP contribution < -0.4 is 0 Å². The summed E-state index contributed by atoms with van der Waals surface area (Å²) < 4.78 is 18.8. The van der Waals surface area contributed by atoms with Crippen LogP contribution in [-0.2, 0) is 11.3 Å². The first-order valence-electron chi connectivity index (χ1n) is 7.23. The number of benzene rings is 1. The van der Waals surface area contributed by atoms with E-state index in [0.717, 1.165) is 16.0 Å². The monoisotopic (exact) mass is 334 g/mol. The van der Waals surface area contributed by atoms with Crippen molar-refractivity contribution < 1.29 is 18.7 Å². The van der Waals surface area contributed by atoms with Crippen molar-refractivity contribution in [1.29, 1.82) is 0 Å². The van der Waals surface area contributed by atoms with Gasteiger partial charge in [-0.15, -0.1) is 11.3 Å². The third kappa shape index (κ3) is 2.89. The maximum absolute atomic E-state index is 13.3. The lowest BCUT2D eigenvalue weighted by atomic mass is 10.1. The number of amides is 2. The number of aromatic nitrogens is 1. The summed E-state index contributed by atoms with van der Waals surface area (Å²) in [6.45, 7) is 4.46. The second-order valence-electron chi connectivity index (χ2n) is 5.16. The quantitative estimate of drug-likeness (QED) is 0.788. The van der Waals surface area contributed by atoms with Crippen molar-refractivity contribution in [3.05, 3.63) is 51.2 Å². The number of ether oxygens (including phenoxy) is 1. The highest BCUT2D eigenvalue weighted by molar-refractivity contribution is 7.09. The normalized spacial score (nSPS) is 15.2. The zero-order valence-corrected chi connectivity index (χ0v) is 13.5. The molecule has 1 aliphatic heterocycles. The molecule has 120 valence electrons. The molecule has 2 aromatic rings. The average molecular weight is 334 g/mol. The Morgan fingerprint density at radius 2 is 2.04 bits per heavy atom. The minimum Gasteiger partial charge on any atom is -0.372 e. The Kier molecular flexibility index (Phi) is 4.23. The van der Waals surface area contributed by atoms with Crippen LogP contribution in [0.25, 0.3) is 0 Å². The largest absolute Gasteiger partial charge is 0.372 e. The number of fused-ring (bicyclic) bond motifs is 1. The van der Waals surface area contributed by atoms with Gasteiger partial charge in [-0.3, -0.25) is 14.5 Å². The number of carbonyl (C=O) groups excluding carboxylic acids is 2. The molecule has 0 saturated carbocycles. The van der Waals surface area contributed by atoms with E-state index in [9.17, 15) is 14.0 Å². The Morgan fingerprint density at radius 3 is 2.78 bits per heavy atom. The molecule has 0 radical (unpaired) electrons. The maximum atomic E-state index is 13.3. The molecule has 1 aromatic heterocycles. The number of halogens is 1. The molecule has 7 heteroatoms. The third-order valence-corrected chi connectivity index (χ3v) is 4.64. The molecule has 0 fully saturated rings. The van der Waals surface area contributed by atoms with Gasteiger partial charge in [0.15, 0.2) is 0 Å². The van der Waals surface area contributed by atoms with E-state index in [0.29, 0.717) is 12.3 Å². The van der Waals surface area contributed by atoms with E-state index in [1.54, 1.807) is 5.38 Å². The second-order valence-corrected chi connectivity index (χ2v) is 6.05. The van der Waals surface area contributed by atoms with Gasteiger partial charge in [-0.05, 0) is 32.0 Å². The van der Waals surface area contributed by atoms with Crippen molar-refractivity contribution in [2.24, 2.45) is 0 Å². The van der Waals surface area contributed by atoms with Gasteiger partial charge in [0.1, 0.15) is 16.9 Å². The van der Waals surface area contributed by atoms with Gasteiger partial charge in [0, 0.05) is 12.0 Å². The van der Waals surface area contributed by atoms with Gasteiger partial charge in [0.05, 0.1) is 23.4 Å². The first-order chi connectivity index (χ1) is 11.0. The number of thiazole rings is 1. The Balaban J connectivity index is 1.79. The molecule has 0 aliphatic carbocycles. The Hall–Kier alpha value is -2.12. The summed E-state index contributed by atoms with van der Waals surface area (Å²) in [6, 6.07) is 3.62. The van der Waals surface area contributed by atoms with E-state index in [-0.39, 0.29) is 23.8 Å². The Morgan fingerprint density at radius 1 is 1.30 bits per heavy atom. The molecule has 1 aromatic carbocycles. The van der Waals surface area contributed by atoms with Gasteiger partial charge < -0.3 is 4.74 Å². The molecular weight excluding hydrogens is 319 g/mol. The number of rotatable bonds is 5. The third-order valence-electron chi connectivity index (χ3n) is 3.59. The summed E-state index contributed by atoms with van der Waals surface area (Å²) in [6.07, 6.45) is -0.130.